The average molecular weight is 319 g/mol. The molecule has 1 aromatic carbocycles. The van der Waals surface area contributed by atoms with E-state index in [1.807, 2.05) is 6.07 Å². The van der Waals surface area contributed by atoms with Crippen LogP contribution >= 0.6 is 0 Å². The van der Waals surface area contributed by atoms with E-state index in [-0.39, 0.29) is 22.8 Å². The van der Waals surface area contributed by atoms with Crippen LogP contribution in [0, 0.1) is 0 Å². The molecule has 0 amide bonds. The first-order valence-corrected chi connectivity index (χ1v) is 8.67. The minimum atomic E-state index is -0.174. The van der Waals surface area contributed by atoms with Gasteiger partial charge in [-0.3, -0.25) is 4.84 Å². The lowest BCUT2D eigenvalue weighted by Gasteiger charge is -2.41. The summed E-state index contributed by atoms with van der Waals surface area (Å²) in [6.45, 7) is 15.8. The van der Waals surface area contributed by atoms with E-state index in [1.54, 1.807) is 0 Å². The van der Waals surface area contributed by atoms with Gasteiger partial charge in [0.2, 0.25) is 0 Å². The van der Waals surface area contributed by atoms with E-state index in [0.717, 1.165) is 18.4 Å². The van der Waals surface area contributed by atoms with Crippen LogP contribution in [0.15, 0.2) is 30.3 Å². The van der Waals surface area contributed by atoms with Crippen molar-refractivity contribution in [3.05, 3.63) is 35.9 Å². The Bertz CT molecular complexity index is 486. The van der Waals surface area contributed by atoms with Crippen molar-refractivity contribution >= 4 is 0 Å². The van der Waals surface area contributed by atoms with E-state index < -0.39 is 0 Å². The van der Waals surface area contributed by atoms with Crippen LogP contribution in [0.5, 0.6) is 0 Å². The van der Waals surface area contributed by atoms with Gasteiger partial charge in [0.25, 0.3) is 0 Å². The van der Waals surface area contributed by atoms with Crippen LogP contribution in [-0.2, 0) is 9.57 Å². The van der Waals surface area contributed by atoms with Gasteiger partial charge in [0.1, 0.15) is 6.10 Å². The summed E-state index contributed by atoms with van der Waals surface area (Å²) in [6.07, 6.45) is 2.19. The van der Waals surface area contributed by atoms with Crippen LogP contribution in [-0.4, -0.2) is 28.3 Å². The van der Waals surface area contributed by atoms with Crippen molar-refractivity contribution in [2.45, 2.75) is 84.1 Å². The van der Waals surface area contributed by atoms with Gasteiger partial charge in [-0.2, -0.15) is 5.06 Å². The van der Waals surface area contributed by atoms with E-state index in [4.69, 9.17) is 9.57 Å². The van der Waals surface area contributed by atoms with E-state index in [9.17, 15) is 0 Å². The Kier molecular flexibility index (Phi) is 5.24. The summed E-state index contributed by atoms with van der Waals surface area (Å²) in [7, 11) is 0. The summed E-state index contributed by atoms with van der Waals surface area (Å²) in [5.74, 6) is 0. The molecule has 0 bridgehead atoms. The van der Waals surface area contributed by atoms with Gasteiger partial charge in [-0.1, -0.05) is 30.3 Å². The highest BCUT2D eigenvalue weighted by Crippen LogP contribution is 2.42. The van der Waals surface area contributed by atoms with Crippen LogP contribution in [0.1, 0.15) is 73.0 Å². The van der Waals surface area contributed by atoms with Crippen molar-refractivity contribution in [2.75, 3.05) is 6.61 Å². The standard InChI is InChI=1S/C20H33NO2/c1-18(2,3)22-15-17(16-11-9-8-10-12-16)23-21-19(4,5)13-14-20(21,6)7/h8-12,17H,13-15H2,1-7H3. The summed E-state index contributed by atoms with van der Waals surface area (Å²) in [5.41, 5.74) is 1.07. The van der Waals surface area contributed by atoms with Crippen molar-refractivity contribution in [3.63, 3.8) is 0 Å². The van der Waals surface area contributed by atoms with Gasteiger partial charge >= 0.3 is 0 Å². The molecular weight excluding hydrogens is 286 g/mol. The smallest absolute Gasteiger partial charge is 0.128 e. The van der Waals surface area contributed by atoms with Crippen molar-refractivity contribution in [1.82, 2.24) is 5.06 Å². The number of rotatable bonds is 5. The normalized spacial score (nSPS) is 22.2. The van der Waals surface area contributed by atoms with Crippen LogP contribution < -0.4 is 0 Å². The van der Waals surface area contributed by atoms with Crippen LogP contribution in [0.25, 0.3) is 0 Å². The Morgan fingerprint density at radius 1 is 1.00 bits per heavy atom. The highest BCUT2D eigenvalue weighted by molar-refractivity contribution is 5.17. The van der Waals surface area contributed by atoms with Gasteiger partial charge in [0.05, 0.1) is 12.2 Å². The zero-order valence-electron chi connectivity index (χ0n) is 15.8. The highest BCUT2D eigenvalue weighted by atomic mass is 16.7. The highest BCUT2D eigenvalue weighted by Gasteiger charge is 2.47. The van der Waals surface area contributed by atoms with E-state index in [1.165, 1.54) is 0 Å². The maximum Gasteiger partial charge on any atom is 0.128 e. The molecule has 0 aliphatic carbocycles. The van der Waals surface area contributed by atoms with Crippen molar-refractivity contribution in [2.24, 2.45) is 0 Å². The lowest BCUT2D eigenvalue weighted by atomic mass is 10.0. The molecule has 1 aromatic rings. The minimum Gasteiger partial charge on any atom is -0.373 e. The van der Waals surface area contributed by atoms with Gasteiger partial charge in [-0.15, -0.1) is 0 Å². The number of hydrogen-bond donors (Lipinski definition) is 0. The lowest BCUT2D eigenvalue weighted by Crippen LogP contribution is -2.49. The molecule has 3 nitrogen and oxygen atoms in total. The maximum absolute atomic E-state index is 6.53. The maximum atomic E-state index is 6.53. The molecule has 3 heteroatoms. The minimum absolute atomic E-state index is 0.0399. The molecule has 1 unspecified atom stereocenters. The number of hydroxylamine groups is 2. The molecule has 1 saturated heterocycles. The zero-order chi connectivity index (χ0) is 17.3. The molecule has 1 heterocycles. The fourth-order valence-corrected chi connectivity index (χ4v) is 3.23. The molecule has 23 heavy (non-hydrogen) atoms. The Balaban J connectivity index is 2.20. The summed E-state index contributed by atoms with van der Waals surface area (Å²) >= 11 is 0. The molecule has 0 aromatic heterocycles. The molecule has 1 fully saturated rings. The predicted molar refractivity (Wildman–Crippen MR) is 95.2 cm³/mol. The number of ether oxygens (including phenoxy) is 1. The molecule has 1 aliphatic rings. The Labute approximate surface area is 141 Å². The van der Waals surface area contributed by atoms with E-state index in [0.29, 0.717) is 6.61 Å². The number of hydrogen-bond acceptors (Lipinski definition) is 3. The third-order valence-electron chi connectivity index (χ3n) is 4.52. The quantitative estimate of drug-likeness (QED) is 0.751. The SMILES string of the molecule is CC(C)(C)OCC(ON1C(C)(C)CCC1(C)C)c1ccccc1. The second kappa shape index (κ2) is 6.54. The number of benzene rings is 1. The largest absolute Gasteiger partial charge is 0.373 e. The van der Waals surface area contributed by atoms with Gasteiger partial charge in [0, 0.05) is 11.1 Å². The Hall–Kier alpha value is -0.900. The van der Waals surface area contributed by atoms with Gasteiger partial charge in [0.15, 0.2) is 0 Å². The lowest BCUT2D eigenvalue weighted by molar-refractivity contribution is -0.283. The van der Waals surface area contributed by atoms with E-state index in [2.05, 4.69) is 77.8 Å². The van der Waals surface area contributed by atoms with Crippen molar-refractivity contribution in [1.29, 1.82) is 0 Å². The van der Waals surface area contributed by atoms with Crippen molar-refractivity contribution < 1.29 is 9.57 Å². The second-order valence-electron chi connectivity index (χ2n) is 8.85. The summed E-state index contributed by atoms with van der Waals surface area (Å²) in [4.78, 5) is 6.53. The molecule has 2 rings (SSSR count). The third-order valence-corrected chi connectivity index (χ3v) is 4.52. The third kappa shape index (κ3) is 4.79. The molecular formula is C20H33NO2. The van der Waals surface area contributed by atoms with Crippen LogP contribution in [0.4, 0.5) is 0 Å². The molecule has 0 spiro atoms. The first-order valence-electron chi connectivity index (χ1n) is 8.67. The molecule has 0 saturated carbocycles. The molecule has 0 radical (unpaired) electrons. The summed E-state index contributed by atoms with van der Waals surface area (Å²) in [6, 6.07) is 10.4. The topological polar surface area (TPSA) is 21.7 Å². The fraction of sp³-hybridized carbons (Fsp3) is 0.700. The molecule has 0 N–H and O–H groups in total. The fourth-order valence-electron chi connectivity index (χ4n) is 3.23. The molecule has 1 aliphatic heterocycles. The first kappa shape index (κ1) is 18.4. The van der Waals surface area contributed by atoms with Crippen LogP contribution in [0.3, 0.4) is 0 Å². The summed E-state index contributed by atoms with van der Waals surface area (Å²) < 4.78 is 6.04. The zero-order valence-corrected chi connectivity index (χ0v) is 15.8. The van der Waals surface area contributed by atoms with Crippen molar-refractivity contribution in [3.8, 4) is 0 Å². The molecule has 1 atom stereocenters. The Morgan fingerprint density at radius 3 is 2.00 bits per heavy atom. The number of nitrogens with zero attached hydrogens (tertiary/aromatic N) is 1. The Morgan fingerprint density at radius 2 is 1.52 bits per heavy atom. The van der Waals surface area contributed by atoms with Gasteiger partial charge < -0.3 is 4.74 Å². The average Bonchev–Trinajstić information content (AvgIpc) is 2.65. The second-order valence-corrected chi connectivity index (χ2v) is 8.85. The van der Waals surface area contributed by atoms with E-state index >= 15 is 0 Å². The monoisotopic (exact) mass is 319 g/mol. The summed E-state index contributed by atoms with van der Waals surface area (Å²) in [5, 5.41) is 2.20. The van der Waals surface area contributed by atoms with Crippen LogP contribution in [0.2, 0.25) is 0 Å². The van der Waals surface area contributed by atoms with Gasteiger partial charge in [-0.25, -0.2) is 0 Å². The predicted octanol–water partition coefficient (Wildman–Crippen LogP) is 5.13. The van der Waals surface area contributed by atoms with Gasteiger partial charge in [-0.05, 0) is 66.9 Å². The molecule has 130 valence electrons. The first-order chi connectivity index (χ1) is 10.5.